The van der Waals surface area contributed by atoms with Crippen molar-refractivity contribution in [1.29, 1.82) is 0 Å². The molecule has 0 saturated heterocycles. The van der Waals surface area contributed by atoms with Crippen molar-refractivity contribution in [1.82, 2.24) is 0 Å². The predicted molar refractivity (Wildman–Crippen MR) is 70.8 cm³/mol. The summed E-state index contributed by atoms with van der Waals surface area (Å²) in [7, 11) is 0. The zero-order valence-corrected chi connectivity index (χ0v) is 10.7. The van der Waals surface area contributed by atoms with Crippen molar-refractivity contribution >= 4 is 5.90 Å². The fourth-order valence-corrected chi connectivity index (χ4v) is 2.73. The van der Waals surface area contributed by atoms with E-state index in [-0.39, 0.29) is 18.2 Å². The van der Waals surface area contributed by atoms with Crippen molar-refractivity contribution in [2.75, 3.05) is 0 Å². The summed E-state index contributed by atoms with van der Waals surface area (Å²) in [4.78, 5) is 4.61. The first-order valence-corrected chi connectivity index (χ1v) is 6.67. The first kappa shape index (κ1) is 11.7. The molecule has 3 nitrogen and oxygen atoms in total. The Kier molecular flexibility index (Phi) is 3.08. The normalized spacial score (nSPS) is 30.6. The molecule has 3 heteroatoms. The zero-order chi connectivity index (χ0) is 12.5. The van der Waals surface area contributed by atoms with Gasteiger partial charge in [0.2, 0.25) is 0 Å². The molecule has 1 fully saturated rings. The molecule has 18 heavy (non-hydrogen) atoms. The fraction of sp³-hybridized carbons (Fsp3) is 0.533. The van der Waals surface area contributed by atoms with Crippen molar-refractivity contribution in [2.45, 2.75) is 50.9 Å². The minimum atomic E-state index is -0.197. The van der Waals surface area contributed by atoms with Crippen LogP contribution in [0.1, 0.15) is 30.4 Å². The molecule has 3 unspecified atom stereocenters. The third-order valence-electron chi connectivity index (χ3n) is 3.80. The number of aliphatic imine (C=N–C) groups is 1. The van der Waals surface area contributed by atoms with E-state index in [4.69, 9.17) is 4.74 Å². The Balaban J connectivity index is 1.67. The van der Waals surface area contributed by atoms with Gasteiger partial charge in [0.1, 0.15) is 6.10 Å². The topological polar surface area (TPSA) is 41.8 Å². The molecule has 1 aliphatic carbocycles. The van der Waals surface area contributed by atoms with Crippen molar-refractivity contribution in [2.24, 2.45) is 4.99 Å². The van der Waals surface area contributed by atoms with E-state index < -0.39 is 0 Å². The van der Waals surface area contributed by atoms with E-state index in [1.54, 1.807) is 0 Å². The second-order valence-electron chi connectivity index (χ2n) is 5.38. The number of aliphatic hydroxyl groups is 1. The number of benzene rings is 1. The van der Waals surface area contributed by atoms with Gasteiger partial charge < -0.3 is 9.84 Å². The van der Waals surface area contributed by atoms with Gasteiger partial charge >= 0.3 is 0 Å². The second kappa shape index (κ2) is 4.73. The lowest BCUT2D eigenvalue weighted by Gasteiger charge is -2.26. The molecule has 0 spiro atoms. The van der Waals surface area contributed by atoms with Gasteiger partial charge in [-0.3, -0.25) is 0 Å². The summed E-state index contributed by atoms with van der Waals surface area (Å²) in [6, 6.07) is 8.65. The lowest BCUT2D eigenvalue weighted by molar-refractivity contribution is 0.0616. The molecule has 3 atom stereocenters. The van der Waals surface area contributed by atoms with E-state index in [0.29, 0.717) is 0 Å². The number of aliphatic hydroxyl groups excluding tert-OH is 1. The molecular weight excluding hydrogens is 226 g/mol. The number of ether oxygens (including phenoxy) is 1. The van der Waals surface area contributed by atoms with Gasteiger partial charge in [0.25, 0.3) is 0 Å². The van der Waals surface area contributed by atoms with E-state index in [2.05, 4.69) is 36.2 Å². The zero-order valence-electron chi connectivity index (χ0n) is 10.7. The highest BCUT2D eigenvalue weighted by Crippen LogP contribution is 2.29. The van der Waals surface area contributed by atoms with E-state index in [9.17, 15) is 5.11 Å². The van der Waals surface area contributed by atoms with Crippen LogP contribution in [0, 0.1) is 6.92 Å². The summed E-state index contributed by atoms with van der Waals surface area (Å²) in [5, 5.41) is 9.64. The Hall–Kier alpha value is -1.35. The van der Waals surface area contributed by atoms with Gasteiger partial charge in [-0.15, -0.1) is 0 Å². The highest BCUT2D eigenvalue weighted by molar-refractivity contribution is 5.80. The first-order chi connectivity index (χ1) is 8.70. The number of hydrogen-bond donors (Lipinski definition) is 1. The molecule has 1 aliphatic heterocycles. The maximum absolute atomic E-state index is 9.64. The summed E-state index contributed by atoms with van der Waals surface area (Å²) in [6.07, 6.45) is 3.29. The largest absolute Gasteiger partial charge is 0.475 e. The predicted octanol–water partition coefficient (Wildman–Crippen LogP) is 2.25. The van der Waals surface area contributed by atoms with Crippen molar-refractivity contribution in [3.8, 4) is 0 Å². The molecule has 2 aliphatic rings. The van der Waals surface area contributed by atoms with Gasteiger partial charge in [-0.05, 0) is 31.7 Å². The number of fused-ring (bicyclic) bond motifs is 1. The SMILES string of the molecule is Cc1ccc(CC2=NC3CC(O)CCC3O2)cc1. The van der Waals surface area contributed by atoms with Gasteiger partial charge in [-0.1, -0.05) is 29.8 Å². The molecule has 96 valence electrons. The Labute approximate surface area is 108 Å². The molecule has 0 bridgehead atoms. The molecule has 1 aromatic rings. The molecular formula is C15H19NO2. The van der Waals surface area contributed by atoms with Gasteiger partial charge in [-0.25, -0.2) is 4.99 Å². The number of rotatable bonds is 2. The Bertz CT molecular complexity index is 452. The van der Waals surface area contributed by atoms with Crippen molar-refractivity contribution in [3.63, 3.8) is 0 Å². The molecule has 1 N–H and O–H groups in total. The van der Waals surface area contributed by atoms with Gasteiger partial charge in [0.15, 0.2) is 5.90 Å². The molecule has 0 amide bonds. The van der Waals surface area contributed by atoms with Crippen molar-refractivity contribution < 1.29 is 9.84 Å². The highest BCUT2D eigenvalue weighted by atomic mass is 16.5. The molecule has 3 rings (SSSR count). The van der Waals surface area contributed by atoms with Crippen molar-refractivity contribution in [3.05, 3.63) is 35.4 Å². The molecule has 0 aromatic heterocycles. The van der Waals surface area contributed by atoms with Gasteiger partial charge in [0.05, 0.1) is 12.1 Å². The fourth-order valence-electron chi connectivity index (χ4n) is 2.73. The van der Waals surface area contributed by atoms with Crippen LogP contribution < -0.4 is 0 Å². The summed E-state index contributed by atoms with van der Waals surface area (Å²) < 4.78 is 5.89. The van der Waals surface area contributed by atoms with Crippen LogP contribution in [-0.2, 0) is 11.2 Å². The Morgan fingerprint density at radius 1 is 1.28 bits per heavy atom. The molecule has 1 aromatic carbocycles. The quantitative estimate of drug-likeness (QED) is 0.868. The third-order valence-corrected chi connectivity index (χ3v) is 3.80. The lowest BCUT2D eigenvalue weighted by Crippen LogP contribution is -2.33. The van der Waals surface area contributed by atoms with E-state index >= 15 is 0 Å². The monoisotopic (exact) mass is 245 g/mol. The van der Waals surface area contributed by atoms with E-state index in [0.717, 1.165) is 31.6 Å². The van der Waals surface area contributed by atoms with E-state index in [1.165, 1.54) is 11.1 Å². The maximum atomic E-state index is 9.64. The lowest BCUT2D eigenvalue weighted by atomic mass is 9.91. The summed E-state index contributed by atoms with van der Waals surface area (Å²) >= 11 is 0. The maximum Gasteiger partial charge on any atom is 0.188 e. The summed E-state index contributed by atoms with van der Waals surface area (Å²) in [6.45, 7) is 2.09. The Morgan fingerprint density at radius 2 is 2.06 bits per heavy atom. The molecule has 0 radical (unpaired) electrons. The average molecular weight is 245 g/mol. The van der Waals surface area contributed by atoms with Crippen LogP contribution >= 0.6 is 0 Å². The van der Waals surface area contributed by atoms with Crippen LogP contribution in [0.15, 0.2) is 29.3 Å². The number of hydrogen-bond acceptors (Lipinski definition) is 3. The van der Waals surface area contributed by atoms with Crippen LogP contribution in [0.2, 0.25) is 0 Å². The minimum absolute atomic E-state index is 0.175. The molecule has 1 saturated carbocycles. The van der Waals surface area contributed by atoms with Crippen LogP contribution in [0.3, 0.4) is 0 Å². The average Bonchev–Trinajstić information content (AvgIpc) is 2.73. The van der Waals surface area contributed by atoms with Crippen LogP contribution in [-0.4, -0.2) is 29.3 Å². The molecule has 1 heterocycles. The van der Waals surface area contributed by atoms with Crippen LogP contribution in [0.5, 0.6) is 0 Å². The van der Waals surface area contributed by atoms with Gasteiger partial charge in [-0.2, -0.15) is 0 Å². The van der Waals surface area contributed by atoms with Crippen LogP contribution in [0.4, 0.5) is 0 Å². The van der Waals surface area contributed by atoms with E-state index in [1.807, 2.05) is 0 Å². The highest BCUT2D eigenvalue weighted by Gasteiger charge is 2.36. The minimum Gasteiger partial charge on any atom is -0.475 e. The first-order valence-electron chi connectivity index (χ1n) is 6.67. The van der Waals surface area contributed by atoms with Crippen LogP contribution in [0.25, 0.3) is 0 Å². The third kappa shape index (κ3) is 2.41. The smallest absolute Gasteiger partial charge is 0.188 e. The summed E-state index contributed by atoms with van der Waals surface area (Å²) in [5.41, 5.74) is 2.50. The Morgan fingerprint density at radius 3 is 2.83 bits per heavy atom. The number of aryl methyl sites for hydroxylation is 1. The van der Waals surface area contributed by atoms with Gasteiger partial charge in [0, 0.05) is 6.42 Å². The summed E-state index contributed by atoms with van der Waals surface area (Å²) in [5.74, 6) is 0.836. The number of nitrogens with zero attached hydrogens (tertiary/aromatic N) is 1. The second-order valence-corrected chi connectivity index (χ2v) is 5.38. The standard InChI is InChI=1S/C15H19NO2/c1-10-2-4-11(5-3-10)8-15-16-13-9-12(17)6-7-14(13)18-15/h2-5,12-14,17H,6-9H2,1H3.